The Morgan fingerprint density at radius 3 is 1.90 bits per heavy atom. The summed E-state index contributed by atoms with van der Waals surface area (Å²) in [6.07, 6.45) is 0.900. The van der Waals surface area contributed by atoms with E-state index in [0.717, 1.165) is 19.5 Å². The van der Waals surface area contributed by atoms with E-state index in [4.69, 9.17) is 5.73 Å². The summed E-state index contributed by atoms with van der Waals surface area (Å²) in [6.45, 7) is 6.43. The maximum Gasteiger partial charge on any atom is 0.0502 e. The Hall–Kier alpha value is -1.64. The average molecular weight is 282 g/mol. The molecule has 2 nitrogen and oxygen atoms in total. The lowest BCUT2D eigenvalue weighted by Gasteiger charge is -2.34. The number of hydrogen-bond acceptors (Lipinski definition) is 2. The van der Waals surface area contributed by atoms with Gasteiger partial charge in [-0.2, -0.15) is 0 Å². The first-order chi connectivity index (χ1) is 10.3. The zero-order valence-corrected chi connectivity index (χ0v) is 13.1. The summed E-state index contributed by atoms with van der Waals surface area (Å²) in [5, 5.41) is 0. The predicted octanol–water partition coefficient (Wildman–Crippen LogP) is 3.64. The highest BCUT2D eigenvalue weighted by atomic mass is 15.2. The number of rotatable bonds is 7. The van der Waals surface area contributed by atoms with Gasteiger partial charge in [-0.1, -0.05) is 74.5 Å². The molecule has 0 amide bonds. The van der Waals surface area contributed by atoms with E-state index >= 15 is 0 Å². The summed E-state index contributed by atoms with van der Waals surface area (Å²) >= 11 is 0. The van der Waals surface area contributed by atoms with Gasteiger partial charge in [0, 0.05) is 6.04 Å². The van der Waals surface area contributed by atoms with Gasteiger partial charge < -0.3 is 5.73 Å². The monoisotopic (exact) mass is 282 g/mol. The third kappa shape index (κ3) is 4.16. The van der Waals surface area contributed by atoms with Gasteiger partial charge in [0.2, 0.25) is 0 Å². The SMILES string of the molecule is CCN(CC)C(c1ccccc1)C(N)Cc1ccccc1. The normalized spacial score (nSPS) is 14.1. The predicted molar refractivity (Wildman–Crippen MR) is 90.2 cm³/mol. The Morgan fingerprint density at radius 2 is 1.38 bits per heavy atom. The number of likely N-dealkylation sites (N-methyl/N-ethyl adjacent to an activating group) is 1. The van der Waals surface area contributed by atoms with Gasteiger partial charge in [-0.3, -0.25) is 4.90 Å². The van der Waals surface area contributed by atoms with Crippen LogP contribution >= 0.6 is 0 Å². The van der Waals surface area contributed by atoms with Crippen LogP contribution in [0.2, 0.25) is 0 Å². The van der Waals surface area contributed by atoms with E-state index in [-0.39, 0.29) is 12.1 Å². The molecule has 0 fully saturated rings. The highest BCUT2D eigenvalue weighted by molar-refractivity contribution is 5.23. The van der Waals surface area contributed by atoms with Crippen molar-refractivity contribution in [2.24, 2.45) is 5.73 Å². The van der Waals surface area contributed by atoms with Crippen LogP contribution in [-0.2, 0) is 6.42 Å². The lowest BCUT2D eigenvalue weighted by molar-refractivity contribution is 0.189. The molecule has 0 heterocycles. The minimum absolute atomic E-state index is 0.0923. The molecule has 2 rings (SSSR count). The molecule has 2 aromatic carbocycles. The number of hydrogen-bond donors (Lipinski definition) is 1. The van der Waals surface area contributed by atoms with Crippen LogP contribution < -0.4 is 5.73 Å². The smallest absolute Gasteiger partial charge is 0.0502 e. The van der Waals surface area contributed by atoms with Crippen LogP contribution in [0.4, 0.5) is 0 Å². The van der Waals surface area contributed by atoms with Crippen molar-refractivity contribution in [2.75, 3.05) is 13.1 Å². The van der Waals surface area contributed by atoms with Gasteiger partial charge in [-0.15, -0.1) is 0 Å². The van der Waals surface area contributed by atoms with E-state index < -0.39 is 0 Å². The molecule has 0 aromatic heterocycles. The molecule has 2 aromatic rings. The molecule has 0 radical (unpaired) electrons. The summed E-state index contributed by atoms with van der Waals surface area (Å²) < 4.78 is 0. The number of nitrogens with two attached hydrogens (primary N) is 1. The first kappa shape index (κ1) is 15.7. The van der Waals surface area contributed by atoms with E-state index in [1.165, 1.54) is 11.1 Å². The lowest BCUT2D eigenvalue weighted by Crippen LogP contribution is -2.42. The quantitative estimate of drug-likeness (QED) is 0.840. The summed E-state index contributed by atoms with van der Waals surface area (Å²) in [7, 11) is 0. The number of benzene rings is 2. The average Bonchev–Trinajstić information content (AvgIpc) is 2.54. The van der Waals surface area contributed by atoms with Gasteiger partial charge in [0.25, 0.3) is 0 Å². The zero-order valence-electron chi connectivity index (χ0n) is 13.1. The van der Waals surface area contributed by atoms with Crippen molar-refractivity contribution in [3.05, 3.63) is 71.8 Å². The standard InChI is InChI=1S/C19H26N2/c1-3-21(4-2)19(17-13-9-6-10-14-17)18(20)15-16-11-7-5-8-12-16/h5-14,18-19H,3-4,15,20H2,1-2H3. The second-order valence-electron chi connectivity index (χ2n) is 5.43. The van der Waals surface area contributed by atoms with Crippen LogP contribution in [0, 0.1) is 0 Å². The fraction of sp³-hybridized carbons (Fsp3) is 0.368. The summed E-state index contributed by atoms with van der Waals surface area (Å²) in [5.74, 6) is 0. The van der Waals surface area contributed by atoms with E-state index in [1.54, 1.807) is 0 Å². The van der Waals surface area contributed by atoms with Gasteiger partial charge in [-0.25, -0.2) is 0 Å². The maximum absolute atomic E-state index is 6.59. The molecule has 2 heteroatoms. The van der Waals surface area contributed by atoms with Gasteiger partial charge in [0.05, 0.1) is 6.04 Å². The first-order valence-corrected chi connectivity index (χ1v) is 7.84. The van der Waals surface area contributed by atoms with Crippen LogP contribution in [0.3, 0.4) is 0 Å². The third-order valence-corrected chi connectivity index (χ3v) is 4.07. The maximum atomic E-state index is 6.59. The van der Waals surface area contributed by atoms with Crippen LogP contribution in [0.25, 0.3) is 0 Å². The molecule has 0 saturated carbocycles. The van der Waals surface area contributed by atoms with E-state index in [0.29, 0.717) is 0 Å². The van der Waals surface area contributed by atoms with Crippen molar-refractivity contribution < 1.29 is 0 Å². The van der Waals surface area contributed by atoms with Crippen molar-refractivity contribution in [1.29, 1.82) is 0 Å². The zero-order chi connectivity index (χ0) is 15.1. The van der Waals surface area contributed by atoms with Crippen LogP contribution in [-0.4, -0.2) is 24.0 Å². The molecule has 112 valence electrons. The Morgan fingerprint density at radius 1 is 0.857 bits per heavy atom. The minimum atomic E-state index is 0.0923. The Balaban J connectivity index is 2.22. The molecular formula is C19H26N2. The van der Waals surface area contributed by atoms with Crippen molar-refractivity contribution in [2.45, 2.75) is 32.4 Å². The van der Waals surface area contributed by atoms with Gasteiger partial charge in [0.1, 0.15) is 0 Å². The minimum Gasteiger partial charge on any atom is -0.326 e. The highest BCUT2D eigenvalue weighted by Crippen LogP contribution is 2.25. The van der Waals surface area contributed by atoms with Crippen LogP contribution in [0.15, 0.2) is 60.7 Å². The molecule has 0 aliphatic heterocycles. The summed E-state index contributed by atoms with van der Waals surface area (Å²) in [5.41, 5.74) is 9.21. The molecule has 0 aliphatic carbocycles. The van der Waals surface area contributed by atoms with Gasteiger partial charge in [-0.05, 0) is 30.6 Å². The summed E-state index contributed by atoms with van der Waals surface area (Å²) in [4.78, 5) is 2.45. The molecule has 0 spiro atoms. The first-order valence-electron chi connectivity index (χ1n) is 7.84. The highest BCUT2D eigenvalue weighted by Gasteiger charge is 2.24. The molecule has 2 unspecified atom stereocenters. The molecular weight excluding hydrogens is 256 g/mol. The Bertz CT molecular complexity index is 506. The number of nitrogens with zero attached hydrogens (tertiary/aromatic N) is 1. The fourth-order valence-electron chi connectivity index (χ4n) is 2.99. The largest absolute Gasteiger partial charge is 0.326 e. The van der Waals surface area contributed by atoms with Crippen molar-refractivity contribution >= 4 is 0 Å². The van der Waals surface area contributed by atoms with Crippen molar-refractivity contribution in [1.82, 2.24) is 4.90 Å². The fourth-order valence-corrected chi connectivity index (χ4v) is 2.99. The topological polar surface area (TPSA) is 29.3 Å². The van der Waals surface area contributed by atoms with Gasteiger partial charge in [0.15, 0.2) is 0 Å². The second kappa shape index (κ2) is 7.96. The van der Waals surface area contributed by atoms with Crippen molar-refractivity contribution in [3.63, 3.8) is 0 Å². The summed E-state index contributed by atoms with van der Waals surface area (Å²) in [6, 6.07) is 21.5. The molecule has 2 N–H and O–H groups in total. The van der Waals surface area contributed by atoms with E-state index in [2.05, 4.69) is 73.3 Å². The Labute approximate surface area is 128 Å². The van der Waals surface area contributed by atoms with Crippen molar-refractivity contribution in [3.8, 4) is 0 Å². The third-order valence-electron chi connectivity index (χ3n) is 4.07. The Kier molecular flexibility index (Phi) is 5.97. The molecule has 0 saturated heterocycles. The molecule has 2 atom stereocenters. The van der Waals surface area contributed by atoms with Crippen LogP contribution in [0.5, 0.6) is 0 Å². The molecule has 21 heavy (non-hydrogen) atoms. The van der Waals surface area contributed by atoms with Gasteiger partial charge >= 0.3 is 0 Å². The molecule has 0 bridgehead atoms. The molecule has 0 aliphatic rings. The van der Waals surface area contributed by atoms with E-state index in [1.807, 2.05) is 6.07 Å². The van der Waals surface area contributed by atoms with Crippen LogP contribution in [0.1, 0.15) is 31.0 Å². The van der Waals surface area contributed by atoms with E-state index in [9.17, 15) is 0 Å². The second-order valence-corrected chi connectivity index (χ2v) is 5.43. The lowest BCUT2D eigenvalue weighted by atomic mass is 9.93.